The minimum Gasteiger partial charge on any atom is -0.497 e. The third-order valence-electron chi connectivity index (χ3n) is 5.96. The molecule has 0 aromatic heterocycles. The van der Waals surface area contributed by atoms with Crippen molar-refractivity contribution in [2.24, 2.45) is 0 Å². The molecule has 2 aliphatic rings. The van der Waals surface area contributed by atoms with Gasteiger partial charge < -0.3 is 19.4 Å². The first-order chi connectivity index (χ1) is 13.2. The van der Waals surface area contributed by atoms with Gasteiger partial charge in [0.05, 0.1) is 33.3 Å². The second kappa shape index (κ2) is 7.61. The highest BCUT2D eigenvalue weighted by Crippen LogP contribution is 2.27. The van der Waals surface area contributed by atoms with E-state index < -0.39 is 0 Å². The van der Waals surface area contributed by atoms with Crippen LogP contribution in [0.15, 0.2) is 48.5 Å². The Kier molecular flexibility index (Phi) is 5.03. The number of amides is 1. The number of anilines is 2. The van der Waals surface area contributed by atoms with E-state index in [0.29, 0.717) is 0 Å². The summed E-state index contributed by atoms with van der Waals surface area (Å²) in [5.74, 6) is 1.14. The summed E-state index contributed by atoms with van der Waals surface area (Å²) in [6, 6.07) is 16.5. The van der Waals surface area contributed by atoms with Gasteiger partial charge in [-0.05, 0) is 37.1 Å². The molecule has 1 N–H and O–H groups in total. The number of fused-ring (bicyclic) bond motifs is 1. The maximum Gasteiger partial charge on any atom is 0.284 e. The fourth-order valence-corrected chi connectivity index (χ4v) is 4.27. The molecule has 0 radical (unpaired) electrons. The lowest BCUT2D eigenvalue weighted by atomic mass is 10.1. The number of nitrogens with one attached hydrogen (secondary N) is 1. The number of quaternary nitrogens is 1. The van der Waals surface area contributed by atoms with Crippen LogP contribution < -0.4 is 19.4 Å². The van der Waals surface area contributed by atoms with Crippen LogP contribution in [0.1, 0.15) is 12.5 Å². The summed E-state index contributed by atoms with van der Waals surface area (Å²) < 4.78 is 5.34. The highest BCUT2D eigenvalue weighted by molar-refractivity contribution is 5.97. The second-order valence-electron chi connectivity index (χ2n) is 7.44. The van der Waals surface area contributed by atoms with Crippen molar-refractivity contribution < 1.29 is 14.4 Å². The quantitative estimate of drug-likeness (QED) is 0.888. The number of ether oxygens (including phenoxy) is 1. The molecule has 27 heavy (non-hydrogen) atoms. The molecule has 1 fully saturated rings. The number of hydrogen-bond acceptors (Lipinski definition) is 3. The summed E-state index contributed by atoms with van der Waals surface area (Å²) in [5, 5.41) is 0. The lowest BCUT2D eigenvalue weighted by Gasteiger charge is -2.37. The van der Waals surface area contributed by atoms with Gasteiger partial charge in [-0.25, -0.2) is 0 Å². The molecule has 2 aliphatic heterocycles. The molecule has 4 rings (SSSR count). The molecule has 0 unspecified atom stereocenters. The zero-order valence-corrected chi connectivity index (χ0v) is 16.1. The number of piperazine rings is 1. The van der Waals surface area contributed by atoms with E-state index in [1.165, 1.54) is 16.2 Å². The largest absolute Gasteiger partial charge is 0.497 e. The van der Waals surface area contributed by atoms with Gasteiger partial charge in [0, 0.05) is 24.0 Å². The summed E-state index contributed by atoms with van der Waals surface area (Å²) in [5.41, 5.74) is 3.58. The van der Waals surface area contributed by atoms with Crippen molar-refractivity contribution in [3.05, 3.63) is 54.1 Å². The molecule has 2 aromatic rings. The van der Waals surface area contributed by atoms with Crippen LogP contribution in [0, 0.1) is 0 Å². The van der Waals surface area contributed by atoms with Gasteiger partial charge in [-0.2, -0.15) is 0 Å². The molecule has 0 aliphatic carbocycles. The minimum absolute atomic E-state index is 0.0105. The van der Waals surface area contributed by atoms with Crippen molar-refractivity contribution in [2.45, 2.75) is 19.4 Å². The van der Waals surface area contributed by atoms with E-state index >= 15 is 0 Å². The topological polar surface area (TPSA) is 37.2 Å². The molecule has 1 amide bonds. The lowest BCUT2D eigenvalue weighted by molar-refractivity contribution is -0.914. The Hall–Kier alpha value is -2.53. The first kappa shape index (κ1) is 17.9. The number of benzene rings is 2. The number of para-hydroxylation sites is 1. The Morgan fingerprint density at radius 2 is 1.85 bits per heavy atom. The average Bonchev–Trinajstić information content (AvgIpc) is 3.17. The Balaban J connectivity index is 1.39. The number of carbonyl (C=O) groups is 1. The third kappa shape index (κ3) is 3.52. The molecule has 1 atom stereocenters. The Morgan fingerprint density at radius 3 is 2.63 bits per heavy atom. The van der Waals surface area contributed by atoms with E-state index in [1.807, 2.05) is 23.1 Å². The maximum atomic E-state index is 13.1. The molecule has 1 saturated heterocycles. The first-order valence-electron chi connectivity index (χ1n) is 9.80. The monoisotopic (exact) mass is 366 g/mol. The van der Waals surface area contributed by atoms with Crippen molar-refractivity contribution in [1.82, 2.24) is 0 Å². The molecule has 0 saturated carbocycles. The van der Waals surface area contributed by atoms with Gasteiger partial charge in [0.15, 0.2) is 6.04 Å². The van der Waals surface area contributed by atoms with Gasteiger partial charge in [0.2, 0.25) is 0 Å². The van der Waals surface area contributed by atoms with Crippen LogP contribution in [-0.2, 0) is 11.2 Å². The van der Waals surface area contributed by atoms with Gasteiger partial charge in [-0.1, -0.05) is 24.3 Å². The summed E-state index contributed by atoms with van der Waals surface area (Å²) in [6.45, 7) is 6.75. The molecule has 2 aromatic carbocycles. The smallest absolute Gasteiger partial charge is 0.284 e. The van der Waals surface area contributed by atoms with Crippen LogP contribution >= 0.6 is 0 Å². The number of hydrogen-bond donors (Lipinski definition) is 1. The van der Waals surface area contributed by atoms with E-state index in [4.69, 9.17) is 4.74 Å². The maximum absolute atomic E-state index is 13.1. The Morgan fingerprint density at radius 1 is 1.07 bits per heavy atom. The summed E-state index contributed by atoms with van der Waals surface area (Å²) >= 11 is 0. The van der Waals surface area contributed by atoms with Gasteiger partial charge in [-0.3, -0.25) is 4.79 Å². The number of methoxy groups -OCH3 is 1. The van der Waals surface area contributed by atoms with E-state index in [0.717, 1.165) is 50.6 Å². The van der Waals surface area contributed by atoms with Crippen molar-refractivity contribution in [3.63, 3.8) is 0 Å². The summed E-state index contributed by atoms with van der Waals surface area (Å²) in [7, 11) is 1.70. The van der Waals surface area contributed by atoms with E-state index in [2.05, 4.69) is 42.2 Å². The van der Waals surface area contributed by atoms with Crippen molar-refractivity contribution >= 4 is 17.3 Å². The Labute approximate surface area is 161 Å². The fraction of sp³-hybridized carbons (Fsp3) is 0.409. The number of nitrogens with zero attached hydrogens (tertiary/aromatic N) is 2. The normalized spacial score (nSPS) is 18.3. The highest BCUT2D eigenvalue weighted by Gasteiger charge is 2.35. The molecule has 5 nitrogen and oxygen atoms in total. The standard InChI is InChI=1S/C22H27N3O2/c1-17(22(26)25-11-10-18-6-3-4-9-21(18)25)23-12-14-24(15-13-23)19-7-5-8-20(16-19)27-2/h3-9,16-17H,10-15H2,1-2H3/p+1/t17-/m0/s1. The van der Waals surface area contributed by atoms with E-state index in [9.17, 15) is 4.79 Å². The molecular weight excluding hydrogens is 338 g/mol. The van der Waals surface area contributed by atoms with Crippen LogP contribution in [0.2, 0.25) is 0 Å². The molecular formula is C22H28N3O2+. The van der Waals surface area contributed by atoms with Gasteiger partial charge in [0.25, 0.3) is 5.91 Å². The predicted octanol–water partition coefficient (Wildman–Crippen LogP) is 1.38. The molecule has 142 valence electrons. The van der Waals surface area contributed by atoms with Crippen LogP contribution in [0.25, 0.3) is 0 Å². The third-order valence-corrected chi connectivity index (χ3v) is 5.96. The zero-order chi connectivity index (χ0) is 18.8. The van der Waals surface area contributed by atoms with Crippen LogP contribution in [0.4, 0.5) is 11.4 Å². The van der Waals surface area contributed by atoms with Gasteiger partial charge >= 0.3 is 0 Å². The fourth-order valence-electron chi connectivity index (χ4n) is 4.27. The average molecular weight is 366 g/mol. The Bertz CT molecular complexity index is 815. The second-order valence-corrected chi connectivity index (χ2v) is 7.44. The van der Waals surface area contributed by atoms with Crippen molar-refractivity contribution in [2.75, 3.05) is 49.6 Å². The van der Waals surface area contributed by atoms with Gasteiger partial charge in [-0.15, -0.1) is 0 Å². The van der Waals surface area contributed by atoms with E-state index in [-0.39, 0.29) is 11.9 Å². The number of rotatable bonds is 4. The molecule has 0 spiro atoms. The molecule has 2 heterocycles. The van der Waals surface area contributed by atoms with Crippen molar-refractivity contribution in [3.8, 4) is 5.75 Å². The van der Waals surface area contributed by atoms with Gasteiger partial charge in [0.1, 0.15) is 5.75 Å². The molecule has 5 heteroatoms. The number of carbonyl (C=O) groups excluding carboxylic acids is 1. The highest BCUT2D eigenvalue weighted by atomic mass is 16.5. The zero-order valence-electron chi connectivity index (χ0n) is 16.1. The predicted molar refractivity (Wildman–Crippen MR) is 108 cm³/mol. The van der Waals surface area contributed by atoms with Crippen LogP contribution in [0.5, 0.6) is 5.75 Å². The van der Waals surface area contributed by atoms with Crippen molar-refractivity contribution in [1.29, 1.82) is 0 Å². The van der Waals surface area contributed by atoms with E-state index in [1.54, 1.807) is 7.11 Å². The summed E-state index contributed by atoms with van der Waals surface area (Å²) in [6.07, 6.45) is 0.966. The first-order valence-corrected chi connectivity index (χ1v) is 9.80. The van der Waals surface area contributed by atoms with Crippen LogP contribution in [-0.4, -0.2) is 51.8 Å². The molecule has 0 bridgehead atoms. The minimum atomic E-state index is -0.0105. The SMILES string of the molecule is COc1cccc(N2CC[NH+]([C@@H](C)C(=O)N3CCc4ccccc43)CC2)c1. The van der Waals surface area contributed by atoms with Crippen LogP contribution in [0.3, 0.4) is 0 Å². The lowest BCUT2D eigenvalue weighted by Crippen LogP contribution is -3.19. The summed E-state index contributed by atoms with van der Waals surface area (Å²) in [4.78, 5) is 18.9.